The van der Waals surface area contributed by atoms with E-state index in [1.165, 1.54) is 6.07 Å². The van der Waals surface area contributed by atoms with Gasteiger partial charge in [0.15, 0.2) is 0 Å². The third-order valence-corrected chi connectivity index (χ3v) is 2.91. The van der Waals surface area contributed by atoms with Crippen molar-refractivity contribution >= 4 is 0 Å². The molecule has 0 amide bonds. The van der Waals surface area contributed by atoms with Crippen molar-refractivity contribution in [1.29, 1.82) is 0 Å². The molecule has 0 N–H and O–H groups in total. The highest BCUT2D eigenvalue weighted by Crippen LogP contribution is 2.34. The first-order chi connectivity index (χ1) is 8.88. The van der Waals surface area contributed by atoms with Gasteiger partial charge < -0.3 is 0 Å². The van der Waals surface area contributed by atoms with Crippen LogP contribution in [0.15, 0.2) is 42.6 Å². The van der Waals surface area contributed by atoms with Crippen LogP contribution < -0.4 is 0 Å². The predicted octanol–water partition coefficient (Wildman–Crippen LogP) is 4.89. The van der Waals surface area contributed by atoms with Gasteiger partial charge in [0.25, 0.3) is 0 Å². The van der Waals surface area contributed by atoms with E-state index in [0.29, 0.717) is 16.8 Å². The lowest BCUT2D eigenvalue weighted by molar-refractivity contribution is -0.137. The monoisotopic (exact) mass is 265 g/mol. The highest BCUT2D eigenvalue weighted by atomic mass is 19.4. The van der Waals surface area contributed by atoms with Crippen molar-refractivity contribution in [3.05, 3.63) is 53.7 Å². The van der Waals surface area contributed by atoms with Gasteiger partial charge in [0.1, 0.15) is 0 Å². The Hall–Kier alpha value is -1.84. The second-order valence-corrected chi connectivity index (χ2v) is 4.71. The van der Waals surface area contributed by atoms with E-state index in [1.54, 1.807) is 30.5 Å². The molecular weight excluding hydrogens is 251 g/mol. The molecule has 1 heterocycles. The molecular formula is C15H14F3N. The first-order valence-corrected chi connectivity index (χ1v) is 6.01. The van der Waals surface area contributed by atoms with Crippen molar-refractivity contribution in [1.82, 2.24) is 4.98 Å². The van der Waals surface area contributed by atoms with Crippen LogP contribution in [-0.4, -0.2) is 4.98 Å². The van der Waals surface area contributed by atoms with Crippen LogP contribution in [0.1, 0.15) is 30.9 Å². The molecule has 0 unspecified atom stereocenters. The molecule has 0 saturated carbocycles. The molecule has 2 aromatic rings. The molecule has 0 atom stereocenters. The Morgan fingerprint density at radius 1 is 1.05 bits per heavy atom. The van der Waals surface area contributed by atoms with Crippen molar-refractivity contribution in [2.45, 2.75) is 25.9 Å². The molecule has 1 aromatic carbocycles. The fraction of sp³-hybridized carbons (Fsp3) is 0.267. The maximum atomic E-state index is 12.9. The van der Waals surface area contributed by atoms with E-state index in [1.807, 2.05) is 13.8 Å². The van der Waals surface area contributed by atoms with Gasteiger partial charge in [-0.05, 0) is 41.8 Å². The van der Waals surface area contributed by atoms with Gasteiger partial charge in [-0.25, -0.2) is 0 Å². The first-order valence-electron chi connectivity index (χ1n) is 6.01. The van der Waals surface area contributed by atoms with E-state index < -0.39 is 11.7 Å². The number of aromatic nitrogens is 1. The maximum absolute atomic E-state index is 12.9. The quantitative estimate of drug-likeness (QED) is 0.753. The van der Waals surface area contributed by atoms with E-state index in [2.05, 4.69) is 4.98 Å². The maximum Gasteiger partial charge on any atom is 0.416 e. The number of alkyl halides is 3. The zero-order chi connectivity index (χ0) is 14.0. The van der Waals surface area contributed by atoms with Crippen molar-refractivity contribution in [2.75, 3.05) is 0 Å². The zero-order valence-electron chi connectivity index (χ0n) is 10.7. The standard InChI is InChI=1S/C15H14F3N/c1-10(2)11-7-12(14-5-3-4-6-19-14)9-13(8-11)15(16,17)18/h3-10H,1-2H3. The van der Waals surface area contributed by atoms with E-state index in [-0.39, 0.29) is 5.92 Å². The van der Waals surface area contributed by atoms with Crippen molar-refractivity contribution < 1.29 is 13.2 Å². The van der Waals surface area contributed by atoms with Crippen LogP contribution in [0.4, 0.5) is 13.2 Å². The van der Waals surface area contributed by atoms with Crippen LogP contribution in [0.5, 0.6) is 0 Å². The molecule has 1 aromatic heterocycles. The molecule has 0 bridgehead atoms. The highest BCUT2D eigenvalue weighted by Gasteiger charge is 2.31. The fourth-order valence-electron chi connectivity index (χ4n) is 1.83. The summed E-state index contributed by atoms with van der Waals surface area (Å²) in [5.74, 6) is 0.0322. The SMILES string of the molecule is CC(C)c1cc(-c2ccccn2)cc(C(F)(F)F)c1. The Balaban J connectivity index is 2.59. The summed E-state index contributed by atoms with van der Waals surface area (Å²) in [4.78, 5) is 4.11. The molecule has 0 aliphatic rings. The molecule has 0 aliphatic heterocycles. The number of rotatable bonds is 2. The van der Waals surface area contributed by atoms with Gasteiger partial charge in [-0.1, -0.05) is 19.9 Å². The van der Waals surface area contributed by atoms with Gasteiger partial charge in [-0.15, -0.1) is 0 Å². The molecule has 2 rings (SSSR count). The molecule has 0 fully saturated rings. The van der Waals surface area contributed by atoms with Gasteiger partial charge in [0, 0.05) is 11.8 Å². The fourth-order valence-corrected chi connectivity index (χ4v) is 1.83. The Labute approximate surface area is 110 Å². The average Bonchev–Trinajstić information content (AvgIpc) is 2.38. The summed E-state index contributed by atoms with van der Waals surface area (Å²) in [6, 6.07) is 9.32. The second-order valence-electron chi connectivity index (χ2n) is 4.71. The lowest BCUT2D eigenvalue weighted by atomic mass is 9.96. The molecule has 0 saturated heterocycles. The van der Waals surface area contributed by atoms with Crippen molar-refractivity contribution in [3.8, 4) is 11.3 Å². The van der Waals surface area contributed by atoms with Crippen LogP contribution in [-0.2, 0) is 6.18 Å². The molecule has 1 nitrogen and oxygen atoms in total. The minimum absolute atomic E-state index is 0.0322. The van der Waals surface area contributed by atoms with Gasteiger partial charge in [0.05, 0.1) is 11.3 Å². The Bertz CT molecular complexity index is 559. The topological polar surface area (TPSA) is 12.9 Å². The second kappa shape index (κ2) is 5.03. The molecule has 19 heavy (non-hydrogen) atoms. The summed E-state index contributed by atoms with van der Waals surface area (Å²) >= 11 is 0. The van der Waals surface area contributed by atoms with E-state index >= 15 is 0 Å². The smallest absolute Gasteiger partial charge is 0.256 e. The number of nitrogens with zero attached hydrogens (tertiary/aromatic N) is 1. The molecule has 0 aliphatic carbocycles. The van der Waals surface area contributed by atoms with Crippen LogP contribution >= 0.6 is 0 Å². The van der Waals surface area contributed by atoms with Gasteiger partial charge in [0.2, 0.25) is 0 Å². The predicted molar refractivity (Wildman–Crippen MR) is 68.8 cm³/mol. The summed E-state index contributed by atoms with van der Waals surface area (Å²) in [7, 11) is 0. The minimum Gasteiger partial charge on any atom is -0.256 e. The van der Waals surface area contributed by atoms with Crippen LogP contribution in [0.25, 0.3) is 11.3 Å². The summed E-state index contributed by atoms with van der Waals surface area (Å²) in [5, 5.41) is 0. The number of hydrogen-bond donors (Lipinski definition) is 0. The third kappa shape index (κ3) is 3.13. The summed E-state index contributed by atoms with van der Waals surface area (Å²) in [6.45, 7) is 3.75. The van der Waals surface area contributed by atoms with Crippen LogP contribution in [0.3, 0.4) is 0 Å². The molecule has 100 valence electrons. The van der Waals surface area contributed by atoms with Gasteiger partial charge in [-0.3, -0.25) is 4.98 Å². The zero-order valence-corrected chi connectivity index (χ0v) is 10.7. The first kappa shape index (κ1) is 13.6. The molecule has 0 spiro atoms. The molecule has 0 radical (unpaired) electrons. The van der Waals surface area contributed by atoms with Gasteiger partial charge >= 0.3 is 6.18 Å². The lowest BCUT2D eigenvalue weighted by Gasteiger charge is -2.14. The summed E-state index contributed by atoms with van der Waals surface area (Å²) in [6.07, 6.45) is -2.76. The van der Waals surface area contributed by atoms with Crippen LogP contribution in [0.2, 0.25) is 0 Å². The normalized spacial score (nSPS) is 11.9. The summed E-state index contributed by atoms with van der Waals surface area (Å²) in [5.41, 5.74) is 1.09. The molecule has 4 heteroatoms. The minimum atomic E-state index is -4.34. The number of pyridine rings is 1. The summed E-state index contributed by atoms with van der Waals surface area (Å²) < 4.78 is 38.7. The van der Waals surface area contributed by atoms with E-state index in [0.717, 1.165) is 6.07 Å². The Morgan fingerprint density at radius 3 is 2.32 bits per heavy atom. The number of hydrogen-bond acceptors (Lipinski definition) is 1. The van der Waals surface area contributed by atoms with Crippen molar-refractivity contribution in [2.24, 2.45) is 0 Å². The third-order valence-electron chi connectivity index (χ3n) is 2.91. The number of halogens is 3. The lowest BCUT2D eigenvalue weighted by Crippen LogP contribution is -2.06. The number of benzene rings is 1. The average molecular weight is 265 g/mol. The van der Waals surface area contributed by atoms with Crippen molar-refractivity contribution in [3.63, 3.8) is 0 Å². The van der Waals surface area contributed by atoms with Gasteiger partial charge in [-0.2, -0.15) is 13.2 Å². The Kier molecular flexibility index (Phi) is 3.60. The van der Waals surface area contributed by atoms with E-state index in [4.69, 9.17) is 0 Å². The Morgan fingerprint density at radius 2 is 1.79 bits per heavy atom. The highest BCUT2D eigenvalue weighted by molar-refractivity contribution is 5.61. The van der Waals surface area contributed by atoms with E-state index in [9.17, 15) is 13.2 Å². The van der Waals surface area contributed by atoms with Crippen LogP contribution in [0, 0.1) is 0 Å². The largest absolute Gasteiger partial charge is 0.416 e.